The van der Waals surface area contributed by atoms with Crippen LogP contribution in [0.5, 0.6) is 11.5 Å². The first-order valence-electron chi connectivity index (χ1n) is 11.3. The zero-order valence-corrected chi connectivity index (χ0v) is 19.4. The van der Waals surface area contributed by atoms with Crippen molar-refractivity contribution < 1.29 is 18.3 Å². The molecule has 1 aliphatic rings. The van der Waals surface area contributed by atoms with Gasteiger partial charge < -0.3 is 19.8 Å². The van der Waals surface area contributed by atoms with Crippen molar-refractivity contribution in [2.24, 2.45) is 0 Å². The molecule has 1 saturated heterocycles. The standard InChI is InChI=1S/C25H24F2N6O2/c1-14-30-23(22-18-10-16(26)11-19(29-2)24(18)32-25(22)31-14)15-3-4-20(21(9-15)34-7-5-28)35-8-6-33-12-17(27)13-33/h3-4,9-11,17,29H,6-8,12-13H2,1-2H3,(H,30,31,32). The molecule has 180 valence electrons. The average Bonchev–Trinajstić information content (AvgIpc) is 3.18. The summed E-state index contributed by atoms with van der Waals surface area (Å²) in [6.45, 7) is 3.43. The Morgan fingerprint density at radius 2 is 2.03 bits per heavy atom. The van der Waals surface area contributed by atoms with Gasteiger partial charge in [-0.3, -0.25) is 4.90 Å². The van der Waals surface area contributed by atoms with Crippen molar-refractivity contribution in [2.45, 2.75) is 13.1 Å². The van der Waals surface area contributed by atoms with Crippen LogP contribution < -0.4 is 14.8 Å². The molecule has 0 radical (unpaired) electrons. The van der Waals surface area contributed by atoms with E-state index in [4.69, 9.17) is 14.7 Å². The molecule has 0 aliphatic carbocycles. The molecule has 0 atom stereocenters. The van der Waals surface area contributed by atoms with Crippen molar-refractivity contribution in [3.8, 4) is 28.8 Å². The highest BCUT2D eigenvalue weighted by molar-refractivity contribution is 6.15. The molecule has 3 heterocycles. The van der Waals surface area contributed by atoms with Crippen molar-refractivity contribution >= 4 is 27.6 Å². The lowest BCUT2D eigenvalue weighted by atomic mass is 10.0. The van der Waals surface area contributed by atoms with Crippen LogP contribution in [-0.4, -0.2) is 65.9 Å². The zero-order chi connectivity index (χ0) is 24.5. The van der Waals surface area contributed by atoms with Gasteiger partial charge in [0.2, 0.25) is 0 Å². The number of likely N-dealkylation sites (tertiary alicyclic amines) is 1. The fourth-order valence-corrected chi connectivity index (χ4v) is 4.35. The van der Waals surface area contributed by atoms with E-state index in [9.17, 15) is 8.78 Å². The number of nitrogens with zero attached hydrogens (tertiary/aromatic N) is 4. The highest BCUT2D eigenvalue weighted by Gasteiger charge is 2.25. The lowest BCUT2D eigenvalue weighted by molar-refractivity contribution is 0.0535. The Kier molecular flexibility index (Phi) is 6.09. The van der Waals surface area contributed by atoms with Gasteiger partial charge in [0.15, 0.2) is 18.1 Å². The van der Waals surface area contributed by atoms with Crippen molar-refractivity contribution in [1.82, 2.24) is 19.9 Å². The van der Waals surface area contributed by atoms with E-state index in [1.54, 1.807) is 26.1 Å². The van der Waals surface area contributed by atoms with Gasteiger partial charge in [-0.05, 0) is 37.3 Å². The number of hydrogen-bond acceptors (Lipinski definition) is 7. The summed E-state index contributed by atoms with van der Waals surface area (Å²) in [5, 5.41) is 13.4. The third-order valence-electron chi connectivity index (χ3n) is 5.99. The Balaban J connectivity index is 1.56. The van der Waals surface area contributed by atoms with Crippen LogP contribution in [0.1, 0.15) is 5.82 Å². The maximum Gasteiger partial charge on any atom is 0.174 e. The number of ether oxygens (including phenoxy) is 2. The molecular formula is C25H24F2N6O2. The Hall–Kier alpha value is -3.97. The van der Waals surface area contributed by atoms with Gasteiger partial charge in [-0.2, -0.15) is 5.26 Å². The first-order valence-corrected chi connectivity index (χ1v) is 11.3. The Bertz CT molecular complexity index is 1440. The van der Waals surface area contributed by atoms with Crippen LogP contribution in [0, 0.1) is 24.1 Å². The summed E-state index contributed by atoms with van der Waals surface area (Å²) < 4.78 is 39.0. The predicted molar refractivity (Wildman–Crippen MR) is 129 cm³/mol. The SMILES string of the molecule is CNc1cc(F)cc2c1[nH]c1nc(C)nc(-c3ccc(OCCN4CC(F)C4)c(OCC#N)c3)c12. The van der Waals surface area contributed by atoms with E-state index in [0.717, 1.165) is 5.52 Å². The summed E-state index contributed by atoms with van der Waals surface area (Å²) in [6.07, 6.45) is -0.765. The van der Waals surface area contributed by atoms with Crippen molar-refractivity contribution in [3.05, 3.63) is 42.0 Å². The topological polar surface area (TPSA) is 99.1 Å². The lowest BCUT2D eigenvalue weighted by Crippen LogP contribution is -2.49. The van der Waals surface area contributed by atoms with Crippen LogP contribution in [0.2, 0.25) is 0 Å². The average molecular weight is 479 g/mol. The van der Waals surface area contributed by atoms with Gasteiger partial charge in [0, 0.05) is 37.6 Å². The molecule has 10 heteroatoms. The molecule has 8 nitrogen and oxygen atoms in total. The second-order valence-electron chi connectivity index (χ2n) is 8.41. The fraction of sp³-hybridized carbons (Fsp3) is 0.320. The van der Waals surface area contributed by atoms with E-state index in [2.05, 4.69) is 20.3 Å². The number of H-pyrrole nitrogens is 1. The maximum atomic E-state index is 14.4. The van der Waals surface area contributed by atoms with Crippen LogP contribution in [0.4, 0.5) is 14.5 Å². The molecule has 4 aromatic rings. The Morgan fingerprint density at radius 1 is 1.20 bits per heavy atom. The number of nitrogens with one attached hydrogen (secondary N) is 2. The van der Waals surface area contributed by atoms with Crippen LogP contribution in [0.15, 0.2) is 30.3 Å². The molecule has 5 rings (SSSR count). The van der Waals surface area contributed by atoms with Gasteiger partial charge in [0.05, 0.1) is 22.3 Å². The maximum absolute atomic E-state index is 14.4. The second-order valence-corrected chi connectivity index (χ2v) is 8.41. The van der Waals surface area contributed by atoms with Crippen LogP contribution >= 0.6 is 0 Å². The summed E-state index contributed by atoms with van der Waals surface area (Å²) in [4.78, 5) is 14.4. The number of nitriles is 1. The number of rotatable bonds is 8. The molecule has 2 N–H and O–H groups in total. The molecule has 0 saturated carbocycles. The number of benzene rings is 2. The van der Waals surface area contributed by atoms with Gasteiger partial charge in [0.1, 0.15) is 36.1 Å². The van der Waals surface area contributed by atoms with E-state index in [1.807, 2.05) is 17.0 Å². The summed E-state index contributed by atoms with van der Waals surface area (Å²) >= 11 is 0. The number of halogens is 2. The minimum Gasteiger partial charge on any atom is -0.488 e. The van der Waals surface area contributed by atoms with Crippen molar-refractivity contribution in [1.29, 1.82) is 5.26 Å². The first-order chi connectivity index (χ1) is 17.0. The molecular weight excluding hydrogens is 454 g/mol. The number of aryl methyl sites for hydroxylation is 1. The van der Waals surface area contributed by atoms with E-state index >= 15 is 0 Å². The van der Waals surface area contributed by atoms with E-state index < -0.39 is 6.17 Å². The molecule has 1 aliphatic heterocycles. The molecule has 0 spiro atoms. The molecule has 35 heavy (non-hydrogen) atoms. The number of hydrogen-bond donors (Lipinski definition) is 2. The summed E-state index contributed by atoms with van der Waals surface area (Å²) in [5.74, 6) is 1.04. The fourth-order valence-electron chi connectivity index (χ4n) is 4.35. The van der Waals surface area contributed by atoms with Crippen LogP contribution in [0.3, 0.4) is 0 Å². The monoisotopic (exact) mass is 478 g/mol. The molecule has 0 amide bonds. The quantitative estimate of drug-likeness (QED) is 0.392. The number of anilines is 1. The Morgan fingerprint density at radius 3 is 2.77 bits per heavy atom. The Labute approximate surface area is 200 Å². The number of alkyl halides is 1. The molecule has 0 bridgehead atoms. The van der Waals surface area contributed by atoms with Crippen molar-refractivity contribution in [3.63, 3.8) is 0 Å². The number of aromatic amines is 1. The van der Waals surface area contributed by atoms with Gasteiger partial charge in [-0.15, -0.1) is 0 Å². The van der Waals surface area contributed by atoms with E-state index in [1.165, 1.54) is 12.1 Å². The van der Waals surface area contributed by atoms with Gasteiger partial charge in [-0.1, -0.05) is 0 Å². The summed E-state index contributed by atoms with van der Waals surface area (Å²) in [7, 11) is 1.73. The number of aromatic nitrogens is 3. The van der Waals surface area contributed by atoms with Crippen LogP contribution in [0.25, 0.3) is 33.2 Å². The molecule has 0 unspecified atom stereocenters. The van der Waals surface area contributed by atoms with Gasteiger partial charge in [-0.25, -0.2) is 18.7 Å². The lowest BCUT2D eigenvalue weighted by Gasteiger charge is -2.33. The number of fused-ring (bicyclic) bond motifs is 3. The second kappa shape index (κ2) is 9.35. The van der Waals surface area contributed by atoms with Gasteiger partial charge in [0.25, 0.3) is 0 Å². The summed E-state index contributed by atoms with van der Waals surface area (Å²) in [5.41, 5.74) is 3.25. The van der Waals surface area contributed by atoms with E-state index in [0.29, 0.717) is 76.9 Å². The first kappa shape index (κ1) is 22.8. The highest BCUT2D eigenvalue weighted by atomic mass is 19.1. The van der Waals surface area contributed by atoms with Crippen LogP contribution in [-0.2, 0) is 0 Å². The smallest absolute Gasteiger partial charge is 0.174 e. The molecule has 1 fully saturated rings. The highest BCUT2D eigenvalue weighted by Crippen LogP contribution is 2.39. The largest absolute Gasteiger partial charge is 0.488 e. The predicted octanol–water partition coefficient (Wildman–Crippen LogP) is 4.20. The van der Waals surface area contributed by atoms with E-state index in [-0.39, 0.29) is 12.4 Å². The minimum atomic E-state index is -0.765. The normalized spacial score (nSPS) is 14.1. The zero-order valence-electron chi connectivity index (χ0n) is 19.4. The van der Waals surface area contributed by atoms with Crippen molar-refractivity contribution in [2.75, 3.05) is 45.2 Å². The third-order valence-corrected chi connectivity index (χ3v) is 5.99. The summed E-state index contributed by atoms with van der Waals surface area (Å²) in [6, 6.07) is 10.2. The third kappa shape index (κ3) is 4.42. The van der Waals surface area contributed by atoms with Gasteiger partial charge >= 0.3 is 0 Å². The molecule has 2 aromatic heterocycles. The molecule has 2 aromatic carbocycles. The minimum absolute atomic E-state index is 0.155.